The van der Waals surface area contributed by atoms with Crippen LogP contribution in [0.5, 0.6) is 0 Å². The molecule has 4 rings (SSSR count). The van der Waals surface area contributed by atoms with Crippen molar-refractivity contribution in [3.8, 4) is 0 Å². The summed E-state index contributed by atoms with van der Waals surface area (Å²) in [5.74, 6) is 0.458. The maximum absolute atomic E-state index is 12.7. The summed E-state index contributed by atoms with van der Waals surface area (Å²) in [4.78, 5) is 33.5. The van der Waals surface area contributed by atoms with Crippen molar-refractivity contribution >= 4 is 11.8 Å². The first-order chi connectivity index (χ1) is 14.1. The van der Waals surface area contributed by atoms with Crippen molar-refractivity contribution in [3.05, 3.63) is 30.1 Å². The van der Waals surface area contributed by atoms with E-state index < -0.39 is 0 Å². The standard InChI is InChI=1S/C22H32N4O3/c27-20-4-6-22(17-26(20)11-5-18-3-1-2-9-24-18)7-12-25(13-8-22)21(28)15-19-16-23-10-14-29-19/h1-3,9,19,23H,4-8,10-17H2/t19-/m0/s1. The third-order valence-electron chi connectivity index (χ3n) is 6.70. The first kappa shape index (κ1) is 20.3. The van der Waals surface area contributed by atoms with Crippen LogP contribution < -0.4 is 5.32 Å². The fourth-order valence-electron chi connectivity index (χ4n) is 4.81. The number of hydrogen-bond acceptors (Lipinski definition) is 5. The Bertz CT molecular complexity index is 697. The van der Waals surface area contributed by atoms with E-state index in [0.717, 1.165) is 70.6 Å². The van der Waals surface area contributed by atoms with Crippen LogP contribution in [0.3, 0.4) is 0 Å². The lowest BCUT2D eigenvalue weighted by Crippen LogP contribution is -2.53. The van der Waals surface area contributed by atoms with Crippen molar-refractivity contribution in [2.75, 3.05) is 45.9 Å². The lowest BCUT2D eigenvalue weighted by atomic mass is 9.72. The number of amides is 2. The summed E-state index contributed by atoms with van der Waals surface area (Å²) in [7, 11) is 0. The van der Waals surface area contributed by atoms with Gasteiger partial charge in [-0.15, -0.1) is 0 Å². The second kappa shape index (κ2) is 9.22. The molecule has 0 aromatic carbocycles. The van der Waals surface area contributed by atoms with E-state index in [4.69, 9.17) is 4.74 Å². The van der Waals surface area contributed by atoms with Crippen LogP contribution in [-0.2, 0) is 20.7 Å². The normalized spacial score (nSPS) is 24.7. The van der Waals surface area contributed by atoms with Crippen LogP contribution in [0.1, 0.15) is 37.8 Å². The topological polar surface area (TPSA) is 74.8 Å². The number of pyridine rings is 1. The average molecular weight is 401 g/mol. The molecule has 3 aliphatic rings. The zero-order valence-corrected chi connectivity index (χ0v) is 17.1. The number of morpholine rings is 1. The highest BCUT2D eigenvalue weighted by atomic mass is 16.5. The largest absolute Gasteiger partial charge is 0.375 e. The highest BCUT2D eigenvalue weighted by Crippen LogP contribution is 2.40. The van der Waals surface area contributed by atoms with Gasteiger partial charge in [-0.05, 0) is 36.8 Å². The lowest BCUT2D eigenvalue weighted by molar-refractivity contribution is -0.143. The number of carbonyl (C=O) groups is 2. The van der Waals surface area contributed by atoms with Crippen LogP contribution in [0.4, 0.5) is 0 Å². The van der Waals surface area contributed by atoms with Crippen LogP contribution in [-0.4, -0.2) is 78.6 Å². The Labute approximate surface area is 172 Å². The van der Waals surface area contributed by atoms with Gasteiger partial charge in [0.05, 0.1) is 19.1 Å². The summed E-state index contributed by atoms with van der Waals surface area (Å²) in [5.41, 5.74) is 1.19. The molecule has 0 radical (unpaired) electrons. The SMILES string of the molecule is O=C(C[C@H]1CNCCO1)N1CCC2(CCC(=O)N(CCc3ccccn3)C2)CC1. The van der Waals surface area contributed by atoms with Gasteiger partial charge in [-0.3, -0.25) is 14.6 Å². The van der Waals surface area contributed by atoms with Gasteiger partial charge in [-0.2, -0.15) is 0 Å². The number of ether oxygens (including phenoxy) is 1. The number of carbonyl (C=O) groups excluding carboxylic acids is 2. The minimum absolute atomic E-state index is 0.00141. The van der Waals surface area contributed by atoms with Crippen LogP contribution in [0, 0.1) is 5.41 Å². The Morgan fingerprint density at radius 2 is 2.14 bits per heavy atom. The molecule has 0 aliphatic carbocycles. The van der Waals surface area contributed by atoms with Crippen LogP contribution in [0.15, 0.2) is 24.4 Å². The van der Waals surface area contributed by atoms with Gasteiger partial charge in [0.2, 0.25) is 11.8 Å². The molecule has 1 N–H and O–H groups in total. The molecule has 1 aromatic rings. The Morgan fingerprint density at radius 3 is 2.86 bits per heavy atom. The van der Waals surface area contributed by atoms with Gasteiger partial charge in [-0.1, -0.05) is 6.07 Å². The van der Waals surface area contributed by atoms with Crippen molar-refractivity contribution in [1.82, 2.24) is 20.1 Å². The maximum atomic E-state index is 12.7. The average Bonchev–Trinajstić information content (AvgIpc) is 2.76. The molecule has 3 saturated heterocycles. The van der Waals surface area contributed by atoms with E-state index in [0.29, 0.717) is 19.4 Å². The Kier molecular flexibility index (Phi) is 6.45. The highest BCUT2D eigenvalue weighted by Gasteiger charge is 2.41. The molecule has 7 heteroatoms. The molecule has 0 saturated carbocycles. The third-order valence-corrected chi connectivity index (χ3v) is 6.70. The number of likely N-dealkylation sites (tertiary alicyclic amines) is 2. The number of piperidine rings is 2. The van der Waals surface area contributed by atoms with Gasteiger partial charge >= 0.3 is 0 Å². The quantitative estimate of drug-likeness (QED) is 0.805. The van der Waals surface area contributed by atoms with Gasteiger partial charge in [0.25, 0.3) is 0 Å². The molecule has 0 bridgehead atoms. The molecule has 3 aliphatic heterocycles. The van der Waals surface area contributed by atoms with E-state index in [-0.39, 0.29) is 23.3 Å². The Morgan fingerprint density at radius 1 is 1.28 bits per heavy atom. The molecule has 0 unspecified atom stereocenters. The predicted octanol–water partition coefficient (Wildman–Crippen LogP) is 1.23. The summed E-state index contributed by atoms with van der Waals surface area (Å²) in [6.45, 7) is 5.44. The van der Waals surface area contributed by atoms with E-state index in [1.54, 1.807) is 6.20 Å². The molecule has 1 aromatic heterocycles. The second-order valence-corrected chi connectivity index (χ2v) is 8.67. The Hall–Kier alpha value is -1.99. The molecule has 2 amide bonds. The van der Waals surface area contributed by atoms with Crippen LogP contribution >= 0.6 is 0 Å². The molecule has 1 spiro atoms. The Balaban J connectivity index is 1.27. The third kappa shape index (κ3) is 5.14. The van der Waals surface area contributed by atoms with Gasteiger partial charge < -0.3 is 19.9 Å². The van der Waals surface area contributed by atoms with Gasteiger partial charge in [0, 0.05) is 64.0 Å². The van der Waals surface area contributed by atoms with Crippen LogP contribution in [0.2, 0.25) is 0 Å². The number of nitrogens with one attached hydrogen (secondary N) is 1. The summed E-state index contributed by atoms with van der Waals surface area (Å²) >= 11 is 0. The molecule has 7 nitrogen and oxygen atoms in total. The summed E-state index contributed by atoms with van der Waals surface area (Å²) in [6.07, 6.45) is 6.60. The summed E-state index contributed by atoms with van der Waals surface area (Å²) in [5, 5.41) is 3.28. The number of rotatable bonds is 5. The van der Waals surface area contributed by atoms with E-state index in [9.17, 15) is 9.59 Å². The fourth-order valence-corrected chi connectivity index (χ4v) is 4.81. The summed E-state index contributed by atoms with van der Waals surface area (Å²) in [6, 6.07) is 5.92. The minimum Gasteiger partial charge on any atom is -0.375 e. The van der Waals surface area contributed by atoms with E-state index in [1.807, 2.05) is 28.0 Å². The molecule has 4 heterocycles. The zero-order valence-electron chi connectivity index (χ0n) is 17.1. The van der Waals surface area contributed by atoms with Gasteiger partial charge in [-0.25, -0.2) is 0 Å². The van der Waals surface area contributed by atoms with Gasteiger partial charge in [0.1, 0.15) is 0 Å². The molecular weight excluding hydrogens is 368 g/mol. The number of nitrogens with zero attached hydrogens (tertiary/aromatic N) is 3. The number of aromatic nitrogens is 1. The van der Waals surface area contributed by atoms with Crippen molar-refractivity contribution in [3.63, 3.8) is 0 Å². The maximum Gasteiger partial charge on any atom is 0.225 e. The fraction of sp³-hybridized carbons (Fsp3) is 0.682. The first-order valence-electron chi connectivity index (χ1n) is 10.9. The molecule has 1 atom stereocenters. The lowest BCUT2D eigenvalue weighted by Gasteiger charge is -2.47. The number of hydrogen-bond donors (Lipinski definition) is 1. The molecule has 158 valence electrons. The van der Waals surface area contributed by atoms with Crippen molar-refractivity contribution in [1.29, 1.82) is 0 Å². The smallest absolute Gasteiger partial charge is 0.225 e. The molecular formula is C22H32N4O3. The molecule has 29 heavy (non-hydrogen) atoms. The van der Waals surface area contributed by atoms with Crippen LogP contribution in [0.25, 0.3) is 0 Å². The second-order valence-electron chi connectivity index (χ2n) is 8.67. The first-order valence-corrected chi connectivity index (χ1v) is 10.9. The van der Waals surface area contributed by atoms with Crippen molar-refractivity contribution < 1.29 is 14.3 Å². The van der Waals surface area contributed by atoms with E-state index in [1.165, 1.54) is 0 Å². The predicted molar refractivity (Wildman–Crippen MR) is 109 cm³/mol. The van der Waals surface area contributed by atoms with Crippen molar-refractivity contribution in [2.24, 2.45) is 5.41 Å². The summed E-state index contributed by atoms with van der Waals surface area (Å²) < 4.78 is 5.68. The van der Waals surface area contributed by atoms with E-state index >= 15 is 0 Å². The molecule has 3 fully saturated rings. The van der Waals surface area contributed by atoms with Gasteiger partial charge in [0.15, 0.2) is 0 Å². The van der Waals surface area contributed by atoms with E-state index in [2.05, 4.69) is 10.3 Å². The van der Waals surface area contributed by atoms with Crippen molar-refractivity contribution in [2.45, 2.75) is 44.6 Å². The minimum atomic E-state index is 0.00141. The monoisotopic (exact) mass is 400 g/mol. The highest BCUT2D eigenvalue weighted by molar-refractivity contribution is 5.78. The zero-order chi connectivity index (χ0) is 20.1.